The molecule has 0 aliphatic carbocycles. The Bertz CT molecular complexity index is 1220. The minimum Gasteiger partial charge on any atom is -0.444 e. The first-order chi connectivity index (χ1) is 16.6. The molecule has 0 spiro atoms. The van der Waals surface area contributed by atoms with Gasteiger partial charge < -0.3 is 14.4 Å². The molecule has 2 heterocycles. The van der Waals surface area contributed by atoms with Gasteiger partial charge >= 0.3 is 12.7 Å². The lowest BCUT2D eigenvalue weighted by Crippen LogP contribution is -2.52. The maximum Gasteiger partial charge on any atom is 0.412 e. The van der Waals surface area contributed by atoms with Crippen LogP contribution in [0.3, 0.4) is 0 Å². The van der Waals surface area contributed by atoms with E-state index in [1.807, 2.05) is 0 Å². The number of aryl methyl sites for hydroxylation is 1. The van der Waals surface area contributed by atoms with Crippen molar-refractivity contribution in [3.8, 4) is 5.75 Å². The Morgan fingerprint density at radius 1 is 1.23 bits per heavy atom. The number of alkyl halides is 2. The van der Waals surface area contributed by atoms with Crippen LogP contribution in [0.15, 0.2) is 30.3 Å². The number of piperidine rings is 1. The molecule has 0 bridgehead atoms. The number of nitrogens with one attached hydrogen (secondary N) is 2. The van der Waals surface area contributed by atoms with E-state index in [1.165, 1.54) is 17.9 Å². The highest BCUT2D eigenvalue weighted by Crippen LogP contribution is 2.29. The van der Waals surface area contributed by atoms with Crippen molar-refractivity contribution in [2.45, 2.75) is 45.6 Å². The van der Waals surface area contributed by atoms with E-state index < -0.39 is 36.2 Å². The Labute approximate surface area is 197 Å². The van der Waals surface area contributed by atoms with Gasteiger partial charge in [0, 0.05) is 24.6 Å². The quantitative estimate of drug-likeness (QED) is 0.600. The second kappa shape index (κ2) is 9.65. The van der Waals surface area contributed by atoms with E-state index in [9.17, 15) is 32.3 Å². The SMILES string of the molecule is Cc1cc(F)c(NC(=O)OCc2ccc3c(c2)C(=O)N(C2CCC(=O)NC2=O)C3)cc1OC(F)F. The average molecular weight is 491 g/mol. The number of anilines is 1. The molecule has 1 saturated heterocycles. The first kappa shape index (κ1) is 24.0. The molecule has 2 aliphatic heterocycles. The first-order valence-corrected chi connectivity index (χ1v) is 10.6. The maximum absolute atomic E-state index is 14.1. The molecule has 2 aromatic carbocycles. The van der Waals surface area contributed by atoms with Gasteiger partial charge in [-0.15, -0.1) is 0 Å². The van der Waals surface area contributed by atoms with E-state index in [-0.39, 0.29) is 49.1 Å². The summed E-state index contributed by atoms with van der Waals surface area (Å²) in [5.41, 5.74) is 1.20. The van der Waals surface area contributed by atoms with Crippen LogP contribution in [0, 0.1) is 12.7 Å². The molecule has 0 saturated carbocycles. The van der Waals surface area contributed by atoms with Gasteiger partial charge in [-0.25, -0.2) is 9.18 Å². The van der Waals surface area contributed by atoms with Crippen molar-refractivity contribution in [3.63, 3.8) is 0 Å². The van der Waals surface area contributed by atoms with Crippen molar-refractivity contribution in [1.29, 1.82) is 0 Å². The van der Waals surface area contributed by atoms with Crippen LogP contribution in [-0.2, 0) is 27.5 Å². The number of ether oxygens (including phenoxy) is 2. The topological polar surface area (TPSA) is 114 Å². The number of halogens is 3. The number of hydrogen-bond acceptors (Lipinski definition) is 6. The summed E-state index contributed by atoms with van der Waals surface area (Å²) in [6.07, 6.45) is -0.671. The molecular formula is C23H20F3N3O6. The number of carbonyl (C=O) groups is 4. The van der Waals surface area contributed by atoms with Gasteiger partial charge in [-0.1, -0.05) is 12.1 Å². The molecule has 1 atom stereocenters. The molecule has 1 unspecified atom stereocenters. The van der Waals surface area contributed by atoms with Gasteiger partial charge in [-0.2, -0.15) is 8.78 Å². The summed E-state index contributed by atoms with van der Waals surface area (Å²) >= 11 is 0. The molecule has 2 N–H and O–H groups in total. The van der Waals surface area contributed by atoms with Crippen molar-refractivity contribution in [2.24, 2.45) is 0 Å². The zero-order valence-electron chi connectivity index (χ0n) is 18.4. The number of nitrogens with zero attached hydrogens (tertiary/aromatic N) is 1. The highest BCUT2D eigenvalue weighted by atomic mass is 19.3. The summed E-state index contributed by atoms with van der Waals surface area (Å²) < 4.78 is 48.5. The first-order valence-electron chi connectivity index (χ1n) is 10.6. The van der Waals surface area contributed by atoms with Gasteiger partial charge in [0.05, 0.1) is 5.69 Å². The van der Waals surface area contributed by atoms with Gasteiger partial charge in [-0.05, 0) is 42.2 Å². The molecule has 1 fully saturated rings. The summed E-state index contributed by atoms with van der Waals surface area (Å²) in [5, 5.41) is 4.36. The van der Waals surface area contributed by atoms with E-state index in [0.717, 1.165) is 12.1 Å². The van der Waals surface area contributed by atoms with Crippen LogP contribution >= 0.6 is 0 Å². The van der Waals surface area contributed by atoms with E-state index >= 15 is 0 Å². The van der Waals surface area contributed by atoms with Crippen LogP contribution in [0.4, 0.5) is 23.7 Å². The Hall–Kier alpha value is -4.09. The van der Waals surface area contributed by atoms with E-state index in [2.05, 4.69) is 15.4 Å². The molecule has 0 radical (unpaired) electrons. The van der Waals surface area contributed by atoms with Crippen LogP contribution in [0.2, 0.25) is 0 Å². The molecule has 2 aliphatic rings. The van der Waals surface area contributed by atoms with Gasteiger partial charge in [0.2, 0.25) is 11.8 Å². The zero-order chi connectivity index (χ0) is 25.3. The molecule has 12 heteroatoms. The molecule has 9 nitrogen and oxygen atoms in total. The lowest BCUT2D eigenvalue weighted by atomic mass is 10.0. The Balaban J connectivity index is 1.39. The maximum atomic E-state index is 14.1. The van der Waals surface area contributed by atoms with Crippen LogP contribution < -0.4 is 15.4 Å². The Morgan fingerprint density at radius 3 is 2.71 bits per heavy atom. The lowest BCUT2D eigenvalue weighted by Gasteiger charge is -2.29. The number of imide groups is 1. The van der Waals surface area contributed by atoms with E-state index in [4.69, 9.17) is 4.74 Å². The fraction of sp³-hybridized carbons (Fsp3) is 0.304. The third-order valence-corrected chi connectivity index (χ3v) is 5.68. The van der Waals surface area contributed by atoms with Crippen molar-refractivity contribution >= 4 is 29.5 Å². The third-order valence-electron chi connectivity index (χ3n) is 5.68. The fourth-order valence-corrected chi connectivity index (χ4v) is 3.96. The average Bonchev–Trinajstić information content (AvgIpc) is 3.11. The molecule has 35 heavy (non-hydrogen) atoms. The predicted molar refractivity (Wildman–Crippen MR) is 114 cm³/mol. The van der Waals surface area contributed by atoms with Crippen LogP contribution in [0.5, 0.6) is 5.75 Å². The number of fused-ring (bicyclic) bond motifs is 1. The number of carbonyl (C=O) groups excluding carboxylic acids is 4. The number of amides is 4. The normalized spacial score (nSPS) is 17.3. The van der Waals surface area contributed by atoms with Crippen molar-refractivity contribution in [3.05, 3.63) is 58.4 Å². The molecule has 0 aromatic heterocycles. The lowest BCUT2D eigenvalue weighted by molar-refractivity contribution is -0.136. The van der Waals surface area contributed by atoms with Gasteiger partial charge in [0.1, 0.15) is 24.2 Å². The molecule has 184 valence electrons. The summed E-state index contributed by atoms with van der Waals surface area (Å²) in [4.78, 5) is 49.9. The van der Waals surface area contributed by atoms with Gasteiger partial charge in [0.25, 0.3) is 5.91 Å². The van der Waals surface area contributed by atoms with Crippen LogP contribution in [0.25, 0.3) is 0 Å². The summed E-state index contributed by atoms with van der Waals surface area (Å²) in [6, 6.07) is 5.94. The standard InChI is InChI=1S/C23H20F3N3O6/c1-11-6-15(24)16(8-18(11)35-22(25)26)27-23(33)34-10-12-2-3-13-9-29(21(32)14(13)7-12)17-4-5-19(30)28-20(17)31/h2-3,6-8,17,22H,4-5,9-10H2,1H3,(H,27,33)(H,28,30,31). The summed E-state index contributed by atoms with van der Waals surface area (Å²) in [5.74, 6) is -2.44. The van der Waals surface area contributed by atoms with Crippen molar-refractivity contribution in [1.82, 2.24) is 10.2 Å². The van der Waals surface area contributed by atoms with Gasteiger partial charge in [-0.3, -0.25) is 25.0 Å². The Morgan fingerprint density at radius 2 is 2.00 bits per heavy atom. The Kier molecular flexibility index (Phi) is 6.63. The summed E-state index contributed by atoms with van der Waals surface area (Å²) in [6.45, 7) is -1.80. The van der Waals surface area contributed by atoms with Crippen LogP contribution in [-0.4, -0.2) is 41.4 Å². The summed E-state index contributed by atoms with van der Waals surface area (Å²) in [7, 11) is 0. The minimum atomic E-state index is -3.12. The molecule has 2 aromatic rings. The minimum absolute atomic E-state index is 0.121. The van der Waals surface area contributed by atoms with Gasteiger partial charge in [0.15, 0.2) is 0 Å². The predicted octanol–water partition coefficient (Wildman–Crippen LogP) is 3.25. The van der Waals surface area contributed by atoms with E-state index in [0.29, 0.717) is 16.7 Å². The number of hydrogen-bond donors (Lipinski definition) is 2. The number of rotatable bonds is 6. The number of benzene rings is 2. The molecular weight excluding hydrogens is 471 g/mol. The smallest absolute Gasteiger partial charge is 0.412 e. The monoisotopic (exact) mass is 491 g/mol. The highest BCUT2D eigenvalue weighted by molar-refractivity contribution is 6.05. The molecule has 4 amide bonds. The highest BCUT2D eigenvalue weighted by Gasteiger charge is 2.39. The largest absolute Gasteiger partial charge is 0.444 e. The second-order valence-electron chi connectivity index (χ2n) is 8.07. The van der Waals surface area contributed by atoms with Crippen molar-refractivity contribution < 1.29 is 41.8 Å². The molecule has 4 rings (SSSR count). The van der Waals surface area contributed by atoms with E-state index in [1.54, 1.807) is 12.1 Å². The zero-order valence-corrected chi connectivity index (χ0v) is 18.4. The fourth-order valence-electron chi connectivity index (χ4n) is 3.96. The van der Waals surface area contributed by atoms with Crippen molar-refractivity contribution in [2.75, 3.05) is 5.32 Å². The third kappa shape index (κ3) is 5.20. The second-order valence-corrected chi connectivity index (χ2v) is 8.07. The van der Waals surface area contributed by atoms with Crippen LogP contribution in [0.1, 0.15) is 39.9 Å².